The fourth-order valence-electron chi connectivity index (χ4n) is 2.76. The van der Waals surface area contributed by atoms with Crippen LogP contribution in [-0.4, -0.2) is 47.2 Å². The summed E-state index contributed by atoms with van der Waals surface area (Å²) in [5, 5.41) is 9.07. The molecule has 0 bridgehead atoms. The Bertz CT molecular complexity index is 494. The van der Waals surface area contributed by atoms with E-state index >= 15 is 0 Å². The summed E-state index contributed by atoms with van der Waals surface area (Å²) >= 11 is 0. The Balaban J connectivity index is 2.15. The number of carboxylic acid groups (broad SMARTS) is 1. The molecule has 2 rings (SSSR count). The highest BCUT2D eigenvalue weighted by molar-refractivity contribution is 5.70. The number of anilines is 2. The Morgan fingerprint density at radius 2 is 1.95 bits per heavy atom. The van der Waals surface area contributed by atoms with Gasteiger partial charge in [-0.1, -0.05) is 0 Å². The molecule has 0 radical (unpaired) electrons. The first-order chi connectivity index (χ1) is 10.0. The second-order valence-electron chi connectivity index (χ2n) is 5.40. The van der Waals surface area contributed by atoms with Gasteiger partial charge in [0.15, 0.2) is 0 Å². The second kappa shape index (κ2) is 6.74. The number of aromatic nitrogens is 2. The minimum atomic E-state index is -0.683. The Hall–Kier alpha value is -1.85. The molecular weight excluding hydrogens is 268 g/mol. The summed E-state index contributed by atoms with van der Waals surface area (Å²) in [6.07, 6.45) is 1.36. The first-order valence-corrected chi connectivity index (χ1v) is 7.63. The highest BCUT2D eigenvalue weighted by atomic mass is 16.4. The number of aryl methyl sites for hydroxylation is 1. The largest absolute Gasteiger partial charge is 0.481 e. The molecule has 21 heavy (non-hydrogen) atoms. The molecule has 0 spiro atoms. The number of carboxylic acids is 1. The van der Waals surface area contributed by atoms with Crippen molar-refractivity contribution in [2.75, 3.05) is 36.0 Å². The van der Waals surface area contributed by atoms with E-state index in [1.807, 2.05) is 13.0 Å². The molecule has 116 valence electrons. The first kappa shape index (κ1) is 15.5. The predicted octanol–water partition coefficient (Wildman–Crippen LogP) is 1.93. The van der Waals surface area contributed by atoms with E-state index in [-0.39, 0.29) is 5.92 Å². The molecule has 0 aromatic carbocycles. The Morgan fingerprint density at radius 3 is 2.48 bits per heavy atom. The summed E-state index contributed by atoms with van der Waals surface area (Å²) in [6, 6.07) is 2.01. The van der Waals surface area contributed by atoms with Crippen molar-refractivity contribution in [1.29, 1.82) is 0 Å². The van der Waals surface area contributed by atoms with Gasteiger partial charge in [0.1, 0.15) is 17.5 Å². The van der Waals surface area contributed by atoms with Gasteiger partial charge in [-0.05, 0) is 33.6 Å². The molecule has 1 aromatic heterocycles. The van der Waals surface area contributed by atoms with Crippen molar-refractivity contribution in [1.82, 2.24) is 9.97 Å². The van der Waals surface area contributed by atoms with Gasteiger partial charge in [-0.3, -0.25) is 4.79 Å². The zero-order chi connectivity index (χ0) is 15.4. The van der Waals surface area contributed by atoms with Crippen LogP contribution < -0.4 is 9.80 Å². The minimum absolute atomic E-state index is 0.216. The standard InChI is InChI=1S/C15H24N4O2/c1-4-18(5-2)13-10-14(17-11(3)16-13)19-8-6-12(7-9-19)15(20)21/h10,12H,4-9H2,1-3H3,(H,20,21). The summed E-state index contributed by atoms with van der Waals surface area (Å²) in [7, 11) is 0. The monoisotopic (exact) mass is 292 g/mol. The van der Waals surface area contributed by atoms with Gasteiger partial charge in [0.25, 0.3) is 0 Å². The van der Waals surface area contributed by atoms with Crippen LogP contribution in [0.4, 0.5) is 11.6 Å². The van der Waals surface area contributed by atoms with Crippen molar-refractivity contribution in [2.24, 2.45) is 5.92 Å². The minimum Gasteiger partial charge on any atom is -0.481 e. The van der Waals surface area contributed by atoms with Gasteiger partial charge in [0, 0.05) is 32.2 Å². The van der Waals surface area contributed by atoms with Crippen molar-refractivity contribution in [3.8, 4) is 0 Å². The first-order valence-electron chi connectivity index (χ1n) is 7.63. The molecule has 2 heterocycles. The van der Waals surface area contributed by atoms with Crippen molar-refractivity contribution in [3.05, 3.63) is 11.9 Å². The summed E-state index contributed by atoms with van der Waals surface area (Å²) in [5.74, 6) is 1.72. The van der Waals surface area contributed by atoms with E-state index in [1.165, 1.54) is 0 Å². The third-order valence-electron chi connectivity index (χ3n) is 4.07. The molecule has 0 amide bonds. The number of rotatable bonds is 5. The van der Waals surface area contributed by atoms with E-state index in [1.54, 1.807) is 0 Å². The Morgan fingerprint density at radius 1 is 1.33 bits per heavy atom. The van der Waals surface area contributed by atoms with Gasteiger partial charge in [-0.25, -0.2) is 9.97 Å². The molecule has 0 atom stereocenters. The van der Waals surface area contributed by atoms with E-state index < -0.39 is 5.97 Å². The summed E-state index contributed by atoms with van der Waals surface area (Å²) < 4.78 is 0. The van der Waals surface area contributed by atoms with Gasteiger partial charge in [-0.15, -0.1) is 0 Å². The van der Waals surface area contributed by atoms with Crippen LogP contribution in [0.25, 0.3) is 0 Å². The van der Waals surface area contributed by atoms with Gasteiger partial charge in [-0.2, -0.15) is 0 Å². The average molecular weight is 292 g/mol. The zero-order valence-corrected chi connectivity index (χ0v) is 13.0. The fourth-order valence-corrected chi connectivity index (χ4v) is 2.76. The third kappa shape index (κ3) is 3.62. The lowest BCUT2D eigenvalue weighted by Crippen LogP contribution is -2.37. The second-order valence-corrected chi connectivity index (χ2v) is 5.40. The number of hydrogen-bond donors (Lipinski definition) is 1. The fraction of sp³-hybridized carbons (Fsp3) is 0.667. The van der Waals surface area contributed by atoms with Gasteiger partial charge in [0.05, 0.1) is 5.92 Å². The van der Waals surface area contributed by atoms with E-state index in [0.717, 1.165) is 43.6 Å². The predicted molar refractivity (Wildman–Crippen MR) is 82.9 cm³/mol. The molecule has 6 nitrogen and oxygen atoms in total. The average Bonchev–Trinajstić information content (AvgIpc) is 2.48. The van der Waals surface area contributed by atoms with Crippen molar-refractivity contribution in [3.63, 3.8) is 0 Å². The number of hydrogen-bond acceptors (Lipinski definition) is 5. The number of aliphatic carboxylic acids is 1. The maximum Gasteiger partial charge on any atom is 0.306 e. The lowest BCUT2D eigenvalue weighted by Gasteiger charge is -2.32. The zero-order valence-electron chi connectivity index (χ0n) is 13.0. The molecule has 6 heteroatoms. The summed E-state index contributed by atoms with van der Waals surface area (Å²) in [4.78, 5) is 24.4. The summed E-state index contributed by atoms with van der Waals surface area (Å²) in [5.41, 5.74) is 0. The van der Waals surface area contributed by atoms with E-state index in [2.05, 4.69) is 33.6 Å². The van der Waals surface area contributed by atoms with Gasteiger partial charge in [0.2, 0.25) is 0 Å². The molecule has 1 aliphatic heterocycles. The molecule has 0 unspecified atom stereocenters. The van der Waals surface area contributed by atoms with Crippen LogP contribution in [0.15, 0.2) is 6.07 Å². The Labute approximate surface area is 125 Å². The highest BCUT2D eigenvalue weighted by Gasteiger charge is 2.25. The van der Waals surface area contributed by atoms with Crippen molar-refractivity contribution < 1.29 is 9.90 Å². The number of carbonyl (C=O) groups is 1. The molecular formula is C15H24N4O2. The molecule has 1 saturated heterocycles. The topological polar surface area (TPSA) is 69.6 Å². The van der Waals surface area contributed by atoms with Crippen LogP contribution in [0, 0.1) is 12.8 Å². The summed E-state index contributed by atoms with van der Waals surface area (Å²) in [6.45, 7) is 9.43. The van der Waals surface area contributed by atoms with Crippen LogP contribution >= 0.6 is 0 Å². The normalized spacial score (nSPS) is 16.0. The molecule has 1 aliphatic rings. The van der Waals surface area contributed by atoms with Crippen LogP contribution in [-0.2, 0) is 4.79 Å². The molecule has 0 saturated carbocycles. The maximum atomic E-state index is 11.0. The molecule has 1 aromatic rings. The van der Waals surface area contributed by atoms with Crippen LogP contribution in [0.1, 0.15) is 32.5 Å². The maximum absolute atomic E-state index is 11.0. The van der Waals surface area contributed by atoms with Gasteiger partial charge < -0.3 is 14.9 Å². The smallest absolute Gasteiger partial charge is 0.306 e. The SMILES string of the molecule is CCN(CC)c1cc(N2CCC(C(=O)O)CC2)nc(C)n1. The van der Waals surface area contributed by atoms with Crippen LogP contribution in [0.2, 0.25) is 0 Å². The third-order valence-corrected chi connectivity index (χ3v) is 4.07. The van der Waals surface area contributed by atoms with E-state index in [0.29, 0.717) is 12.8 Å². The van der Waals surface area contributed by atoms with E-state index in [9.17, 15) is 4.79 Å². The van der Waals surface area contributed by atoms with Crippen LogP contribution in [0.5, 0.6) is 0 Å². The highest BCUT2D eigenvalue weighted by Crippen LogP contribution is 2.24. The lowest BCUT2D eigenvalue weighted by molar-refractivity contribution is -0.142. The number of piperidine rings is 1. The lowest BCUT2D eigenvalue weighted by atomic mass is 9.97. The molecule has 1 fully saturated rings. The van der Waals surface area contributed by atoms with Gasteiger partial charge >= 0.3 is 5.97 Å². The Kier molecular flexibility index (Phi) is 4.98. The van der Waals surface area contributed by atoms with Crippen molar-refractivity contribution in [2.45, 2.75) is 33.6 Å². The van der Waals surface area contributed by atoms with Crippen LogP contribution in [0.3, 0.4) is 0 Å². The van der Waals surface area contributed by atoms with Crippen molar-refractivity contribution >= 4 is 17.6 Å². The van der Waals surface area contributed by atoms with E-state index in [4.69, 9.17) is 5.11 Å². The molecule has 1 N–H and O–H groups in total. The number of nitrogens with zero attached hydrogens (tertiary/aromatic N) is 4. The molecule has 0 aliphatic carbocycles. The quantitative estimate of drug-likeness (QED) is 0.894.